The number of hydrogen-bond donors (Lipinski definition) is 1. The minimum atomic E-state index is 0.349. The van der Waals surface area contributed by atoms with Crippen molar-refractivity contribution in [2.75, 3.05) is 46.6 Å². The monoisotopic (exact) mass is 244 g/mol. The molecule has 102 valence electrons. The Bertz CT molecular complexity index is 180. The zero-order valence-corrected chi connectivity index (χ0v) is 11.4. The van der Waals surface area contributed by atoms with Crippen LogP contribution in [0.25, 0.3) is 0 Å². The first-order valence-electron chi connectivity index (χ1n) is 6.78. The first-order valence-corrected chi connectivity index (χ1v) is 6.78. The Morgan fingerprint density at radius 2 is 1.94 bits per heavy atom. The van der Waals surface area contributed by atoms with E-state index in [0.717, 1.165) is 32.8 Å². The molecule has 4 nitrogen and oxygen atoms in total. The molecule has 17 heavy (non-hydrogen) atoms. The van der Waals surface area contributed by atoms with Crippen LogP contribution < -0.4 is 5.73 Å². The largest absolute Gasteiger partial charge is 0.385 e. The van der Waals surface area contributed by atoms with E-state index < -0.39 is 0 Å². The van der Waals surface area contributed by atoms with Gasteiger partial charge in [-0.2, -0.15) is 0 Å². The van der Waals surface area contributed by atoms with Crippen molar-refractivity contribution in [1.29, 1.82) is 0 Å². The van der Waals surface area contributed by atoms with Gasteiger partial charge in [0.2, 0.25) is 0 Å². The summed E-state index contributed by atoms with van der Waals surface area (Å²) in [6.07, 6.45) is 3.46. The maximum Gasteiger partial charge on any atom is 0.0593 e. The molecular weight excluding hydrogens is 216 g/mol. The van der Waals surface area contributed by atoms with E-state index in [1.807, 2.05) is 0 Å². The molecule has 0 radical (unpaired) electrons. The van der Waals surface area contributed by atoms with Crippen LogP contribution in [0.15, 0.2) is 0 Å². The number of nitrogens with two attached hydrogens (primary N) is 1. The topological polar surface area (TPSA) is 47.7 Å². The van der Waals surface area contributed by atoms with Gasteiger partial charge in [0.1, 0.15) is 0 Å². The highest BCUT2D eigenvalue weighted by Gasteiger charge is 2.21. The number of nitrogens with zero attached hydrogens (tertiary/aromatic N) is 1. The van der Waals surface area contributed by atoms with Gasteiger partial charge in [0.05, 0.1) is 6.61 Å². The van der Waals surface area contributed by atoms with Crippen LogP contribution in [0.3, 0.4) is 0 Å². The molecule has 4 heteroatoms. The summed E-state index contributed by atoms with van der Waals surface area (Å²) in [6.45, 7) is 7.97. The van der Waals surface area contributed by atoms with Crippen LogP contribution in [-0.4, -0.2) is 57.5 Å². The molecule has 0 saturated carbocycles. The minimum Gasteiger partial charge on any atom is -0.385 e. The molecule has 2 N–H and O–H groups in total. The van der Waals surface area contributed by atoms with Gasteiger partial charge < -0.3 is 20.1 Å². The summed E-state index contributed by atoms with van der Waals surface area (Å²) >= 11 is 0. The molecule has 1 unspecified atom stereocenters. The van der Waals surface area contributed by atoms with Crippen molar-refractivity contribution in [3.8, 4) is 0 Å². The Morgan fingerprint density at radius 3 is 2.53 bits per heavy atom. The molecule has 0 aromatic heterocycles. The third-order valence-electron chi connectivity index (χ3n) is 3.56. The fourth-order valence-corrected chi connectivity index (χ4v) is 2.30. The first-order chi connectivity index (χ1) is 8.24. The lowest BCUT2D eigenvalue weighted by molar-refractivity contribution is 0.0724. The Labute approximate surface area is 105 Å². The average molecular weight is 244 g/mol. The van der Waals surface area contributed by atoms with Crippen molar-refractivity contribution >= 4 is 0 Å². The molecule has 1 aliphatic heterocycles. The highest BCUT2D eigenvalue weighted by atomic mass is 16.5. The van der Waals surface area contributed by atoms with Crippen molar-refractivity contribution in [3.05, 3.63) is 0 Å². The molecule has 1 aliphatic rings. The SMILES string of the molecule is COCCCOCCN1CCC(C(C)N)CC1. The maximum absolute atomic E-state index is 5.93. The van der Waals surface area contributed by atoms with Crippen LogP contribution in [0.2, 0.25) is 0 Å². The molecule has 1 atom stereocenters. The molecular formula is C13H28N2O2. The second kappa shape index (κ2) is 8.86. The second-order valence-corrected chi connectivity index (χ2v) is 5.00. The molecule has 1 saturated heterocycles. The van der Waals surface area contributed by atoms with Gasteiger partial charge in [0.25, 0.3) is 0 Å². The molecule has 0 aromatic carbocycles. The lowest BCUT2D eigenvalue weighted by Crippen LogP contribution is -2.40. The van der Waals surface area contributed by atoms with E-state index in [-0.39, 0.29) is 0 Å². The number of likely N-dealkylation sites (tertiary alicyclic amines) is 1. The summed E-state index contributed by atoms with van der Waals surface area (Å²) in [5, 5.41) is 0. The van der Waals surface area contributed by atoms with Gasteiger partial charge in [-0.25, -0.2) is 0 Å². The van der Waals surface area contributed by atoms with Crippen LogP contribution in [0.1, 0.15) is 26.2 Å². The second-order valence-electron chi connectivity index (χ2n) is 5.00. The van der Waals surface area contributed by atoms with Gasteiger partial charge in [-0.05, 0) is 45.2 Å². The van der Waals surface area contributed by atoms with Crippen molar-refractivity contribution in [1.82, 2.24) is 4.90 Å². The summed E-state index contributed by atoms with van der Waals surface area (Å²) in [5.41, 5.74) is 5.93. The minimum absolute atomic E-state index is 0.349. The van der Waals surface area contributed by atoms with Crippen molar-refractivity contribution < 1.29 is 9.47 Å². The lowest BCUT2D eigenvalue weighted by Gasteiger charge is -2.33. The van der Waals surface area contributed by atoms with Crippen LogP contribution in [0.4, 0.5) is 0 Å². The zero-order chi connectivity index (χ0) is 12.5. The van der Waals surface area contributed by atoms with Gasteiger partial charge in [0.15, 0.2) is 0 Å². The molecule has 1 fully saturated rings. The predicted octanol–water partition coefficient (Wildman–Crippen LogP) is 1.10. The van der Waals surface area contributed by atoms with E-state index in [0.29, 0.717) is 12.0 Å². The van der Waals surface area contributed by atoms with Crippen molar-refractivity contribution in [2.45, 2.75) is 32.2 Å². The van der Waals surface area contributed by atoms with Crippen molar-refractivity contribution in [2.24, 2.45) is 11.7 Å². The average Bonchev–Trinajstić information content (AvgIpc) is 2.34. The number of ether oxygens (including phenoxy) is 2. The normalized spacial score (nSPS) is 20.6. The van der Waals surface area contributed by atoms with Gasteiger partial charge in [0, 0.05) is 32.9 Å². The Morgan fingerprint density at radius 1 is 1.24 bits per heavy atom. The van der Waals surface area contributed by atoms with Crippen LogP contribution >= 0.6 is 0 Å². The molecule has 1 rings (SSSR count). The van der Waals surface area contributed by atoms with Crippen molar-refractivity contribution in [3.63, 3.8) is 0 Å². The molecule has 0 aliphatic carbocycles. The number of rotatable bonds is 8. The van der Waals surface area contributed by atoms with Crippen LogP contribution in [0, 0.1) is 5.92 Å². The highest BCUT2D eigenvalue weighted by Crippen LogP contribution is 2.18. The standard InChI is InChI=1S/C13H28N2O2/c1-12(14)13-4-6-15(7-5-13)8-11-17-10-3-9-16-2/h12-13H,3-11,14H2,1-2H3. The van der Waals surface area contributed by atoms with Crippen LogP contribution in [-0.2, 0) is 9.47 Å². The maximum atomic E-state index is 5.93. The van der Waals surface area contributed by atoms with E-state index in [1.165, 1.54) is 25.9 Å². The predicted molar refractivity (Wildman–Crippen MR) is 70.1 cm³/mol. The smallest absolute Gasteiger partial charge is 0.0593 e. The summed E-state index contributed by atoms with van der Waals surface area (Å²) in [5.74, 6) is 0.717. The highest BCUT2D eigenvalue weighted by molar-refractivity contribution is 4.77. The fourth-order valence-electron chi connectivity index (χ4n) is 2.30. The molecule has 0 aromatic rings. The molecule has 0 bridgehead atoms. The van der Waals surface area contributed by atoms with Gasteiger partial charge >= 0.3 is 0 Å². The summed E-state index contributed by atoms with van der Waals surface area (Å²) in [6, 6.07) is 0.349. The molecule has 0 spiro atoms. The van der Waals surface area contributed by atoms with Gasteiger partial charge in [-0.1, -0.05) is 0 Å². The molecule has 0 amide bonds. The number of hydrogen-bond acceptors (Lipinski definition) is 4. The van der Waals surface area contributed by atoms with Gasteiger partial charge in [-0.3, -0.25) is 0 Å². The van der Waals surface area contributed by atoms with E-state index in [2.05, 4.69) is 11.8 Å². The quantitative estimate of drug-likeness (QED) is 0.650. The van der Waals surface area contributed by atoms with E-state index >= 15 is 0 Å². The summed E-state index contributed by atoms with van der Waals surface area (Å²) in [7, 11) is 1.72. The third kappa shape index (κ3) is 6.36. The summed E-state index contributed by atoms with van der Waals surface area (Å²) < 4.78 is 10.5. The molecule has 1 heterocycles. The Kier molecular flexibility index (Phi) is 7.77. The third-order valence-corrected chi connectivity index (χ3v) is 3.56. The lowest BCUT2D eigenvalue weighted by atomic mass is 9.91. The summed E-state index contributed by atoms with van der Waals surface area (Å²) in [4.78, 5) is 2.48. The number of piperidine rings is 1. The van der Waals surface area contributed by atoms with E-state index in [4.69, 9.17) is 15.2 Å². The van der Waals surface area contributed by atoms with E-state index in [1.54, 1.807) is 7.11 Å². The fraction of sp³-hybridized carbons (Fsp3) is 1.00. The van der Waals surface area contributed by atoms with E-state index in [9.17, 15) is 0 Å². The van der Waals surface area contributed by atoms with Gasteiger partial charge in [-0.15, -0.1) is 0 Å². The Balaban J connectivity index is 1.95. The Hall–Kier alpha value is -0.160. The first kappa shape index (κ1) is 14.9. The number of methoxy groups -OCH3 is 1. The van der Waals surface area contributed by atoms with Crippen LogP contribution in [0.5, 0.6) is 0 Å². The zero-order valence-electron chi connectivity index (χ0n) is 11.4.